The third kappa shape index (κ3) is 2.34. The van der Waals surface area contributed by atoms with Crippen LogP contribution >= 0.6 is 0 Å². The van der Waals surface area contributed by atoms with Crippen molar-refractivity contribution in [3.05, 3.63) is 11.7 Å². The van der Waals surface area contributed by atoms with Gasteiger partial charge in [0.25, 0.3) is 5.89 Å². The summed E-state index contributed by atoms with van der Waals surface area (Å²) in [5, 5.41) is 7.11. The van der Waals surface area contributed by atoms with E-state index in [1.54, 1.807) is 0 Å². The fraction of sp³-hybridized carbons (Fsp3) is 0.818. The summed E-state index contributed by atoms with van der Waals surface area (Å²) in [4.78, 5) is 4.31. The number of hydrogen-bond acceptors (Lipinski definition) is 6. The molecule has 1 atom stereocenters. The predicted octanol–water partition coefficient (Wildman–Crippen LogP) is 0.800. The minimum atomic E-state index is -0.0848. The van der Waals surface area contributed by atoms with E-state index in [1.165, 1.54) is 0 Å². The maximum absolute atomic E-state index is 5.73. The van der Waals surface area contributed by atoms with Gasteiger partial charge in [-0.15, -0.1) is 0 Å². The molecule has 3 heterocycles. The fourth-order valence-corrected chi connectivity index (χ4v) is 2.05. The van der Waals surface area contributed by atoms with Crippen molar-refractivity contribution in [3.63, 3.8) is 0 Å². The SMILES string of the molecule is CC1(OCc2nc(C3CCCO3)no2)CNC1. The molecule has 0 aliphatic carbocycles. The zero-order valence-electron chi connectivity index (χ0n) is 9.94. The van der Waals surface area contributed by atoms with Crippen LogP contribution in [0.1, 0.15) is 37.6 Å². The standard InChI is InChI=1S/C11H17N3O3/c1-11(6-12-7-11)16-5-9-13-10(14-17-9)8-3-2-4-15-8/h8,12H,2-7H2,1H3. The molecule has 0 radical (unpaired) electrons. The zero-order chi connectivity index (χ0) is 11.7. The van der Waals surface area contributed by atoms with E-state index >= 15 is 0 Å². The van der Waals surface area contributed by atoms with E-state index in [2.05, 4.69) is 22.4 Å². The molecule has 3 rings (SSSR count). The molecule has 1 aromatic heterocycles. The first-order valence-corrected chi connectivity index (χ1v) is 6.04. The Labute approximate surface area is 99.7 Å². The molecule has 2 fully saturated rings. The summed E-state index contributed by atoms with van der Waals surface area (Å²) >= 11 is 0. The van der Waals surface area contributed by atoms with E-state index < -0.39 is 0 Å². The van der Waals surface area contributed by atoms with Gasteiger partial charge in [-0.3, -0.25) is 0 Å². The molecule has 0 aromatic carbocycles. The Balaban J connectivity index is 1.56. The largest absolute Gasteiger partial charge is 0.370 e. The van der Waals surface area contributed by atoms with Crippen LogP contribution < -0.4 is 5.32 Å². The first-order valence-electron chi connectivity index (χ1n) is 6.04. The van der Waals surface area contributed by atoms with Gasteiger partial charge in [0.05, 0.1) is 5.60 Å². The molecule has 0 amide bonds. The second-order valence-electron chi connectivity index (χ2n) is 4.89. The molecule has 2 saturated heterocycles. The maximum atomic E-state index is 5.73. The molecule has 17 heavy (non-hydrogen) atoms. The number of hydrogen-bond donors (Lipinski definition) is 1. The van der Waals surface area contributed by atoms with Crippen molar-refractivity contribution < 1.29 is 14.0 Å². The summed E-state index contributed by atoms with van der Waals surface area (Å²) < 4.78 is 16.4. The molecule has 1 N–H and O–H groups in total. The van der Waals surface area contributed by atoms with Crippen LogP contribution in [0, 0.1) is 0 Å². The Morgan fingerprint density at radius 3 is 3.06 bits per heavy atom. The fourth-order valence-electron chi connectivity index (χ4n) is 2.05. The molecular weight excluding hydrogens is 222 g/mol. The molecule has 0 saturated carbocycles. The molecule has 0 spiro atoms. The number of nitrogens with one attached hydrogen (secondary N) is 1. The highest BCUT2D eigenvalue weighted by Crippen LogP contribution is 2.26. The summed E-state index contributed by atoms with van der Waals surface area (Å²) in [5.41, 5.74) is -0.0848. The van der Waals surface area contributed by atoms with Gasteiger partial charge in [-0.25, -0.2) is 0 Å². The number of ether oxygens (including phenoxy) is 2. The van der Waals surface area contributed by atoms with Gasteiger partial charge in [-0.1, -0.05) is 5.16 Å². The monoisotopic (exact) mass is 239 g/mol. The van der Waals surface area contributed by atoms with E-state index in [0.717, 1.165) is 32.5 Å². The maximum Gasteiger partial charge on any atom is 0.252 e. The van der Waals surface area contributed by atoms with Crippen LogP contribution in [-0.2, 0) is 16.1 Å². The Morgan fingerprint density at radius 1 is 1.53 bits per heavy atom. The molecular formula is C11H17N3O3. The van der Waals surface area contributed by atoms with Crippen molar-refractivity contribution in [2.24, 2.45) is 0 Å². The summed E-state index contributed by atoms with van der Waals surface area (Å²) in [7, 11) is 0. The first-order chi connectivity index (χ1) is 8.25. The topological polar surface area (TPSA) is 69.4 Å². The van der Waals surface area contributed by atoms with Crippen molar-refractivity contribution in [2.45, 2.75) is 38.1 Å². The van der Waals surface area contributed by atoms with Crippen LogP contribution in [0.3, 0.4) is 0 Å². The minimum absolute atomic E-state index is 0.00783. The van der Waals surface area contributed by atoms with Gasteiger partial charge in [-0.05, 0) is 19.8 Å². The van der Waals surface area contributed by atoms with E-state index in [9.17, 15) is 0 Å². The number of rotatable bonds is 4. The highest BCUT2D eigenvalue weighted by atomic mass is 16.5. The van der Waals surface area contributed by atoms with Crippen molar-refractivity contribution in [2.75, 3.05) is 19.7 Å². The number of aromatic nitrogens is 2. The van der Waals surface area contributed by atoms with Crippen molar-refractivity contribution in [1.82, 2.24) is 15.5 Å². The summed E-state index contributed by atoms with van der Waals surface area (Å²) in [5.74, 6) is 1.18. The highest BCUT2D eigenvalue weighted by molar-refractivity contribution is 4.94. The highest BCUT2D eigenvalue weighted by Gasteiger charge is 2.33. The lowest BCUT2D eigenvalue weighted by Crippen LogP contribution is -2.58. The number of nitrogens with zero attached hydrogens (tertiary/aromatic N) is 2. The second-order valence-corrected chi connectivity index (χ2v) is 4.89. The van der Waals surface area contributed by atoms with Gasteiger partial charge in [-0.2, -0.15) is 4.98 Å². The van der Waals surface area contributed by atoms with Gasteiger partial charge in [0.1, 0.15) is 12.7 Å². The average molecular weight is 239 g/mol. The lowest BCUT2D eigenvalue weighted by molar-refractivity contribution is -0.0841. The van der Waals surface area contributed by atoms with Crippen LogP contribution in [0.25, 0.3) is 0 Å². The molecule has 94 valence electrons. The van der Waals surface area contributed by atoms with Crippen LogP contribution in [0.5, 0.6) is 0 Å². The second kappa shape index (κ2) is 4.36. The van der Waals surface area contributed by atoms with Crippen LogP contribution in [0.15, 0.2) is 4.52 Å². The van der Waals surface area contributed by atoms with Crippen LogP contribution in [0.4, 0.5) is 0 Å². The van der Waals surface area contributed by atoms with Crippen molar-refractivity contribution in [1.29, 1.82) is 0 Å². The summed E-state index contributed by atoms with van der Waals surface area (Å²) in [6, 6.07) is 0. The lowest BCUT2D eigenvalue weighted by Gasteiger charge is -2.38. The molecule has 6 nitrogen and oxygen atoms in total. The van der Waals surface area contributed by atoms with E-state index in [1.807, 2.05) is 0 Å². The average Bonchev–Trinajstić information content (AvgIpc) is 2.93. The van der Waals surface area contributed by atoms with Gasteiger partial charge in [0.15, 0.2) is 0 Å². The Bertz CT molecular complexity index is 383. The first kappa shape index (κ1) is 11.1. The third-order valence-electron chi connectivity index (χ3n) is 3.24. The Morgan fingerprint density at radius 2 is 2.41 bits per heavy atom. The molecule has 0 bridgehead atoms. The molecule has 1 aromatic rings. The van der Waals surface area contributed by atoms with Gasteiger partial charge in [0, 0.05) is 19.7 Å². The normalized spacial score (nSPS) is 27.0. The van der Waals surface area contributed by atoms with E-state index in [-0.39, 0.29) is 11.7 Å². The molecule has 2 aliphatic rings. The van der Waals surface area contributed by atoms with Gasteiger partial charge >= 0.3 is 0 Å². The quantitative estimate of drug-likeness (QED) is 0.838. The van der Waals surface area contributed by atoms with Gasteiger partial charge in [0.2, 0.25) is 5.82 Å². The minimum Gasteiger partial charge on any atom is -0.370 e. The van der Waals surface area contributed by atoms with Crippen LogP contribution in [0.2, 0.25) is 0 Å². The van der Waals surface area contributed by atoms with Gasteiger partial charge < -0.3 is 19.3 Å². The van der Waals surface area contributed by atoms with E-state index in [4.69, 9.17) is 14.0 Å². The zero-order valence-corrected chi connectivity index (χ0v) is 9.94. The lowest BCUT2D eigenvalue weighted by atomic mass is 10.0. The molecule has 1 unspecified atom stereocenters. The Hall–Kier alpha value is -0.980. The molecule has 6 heteroatoms. The van der Waals surface area contributed by atoms with Crippen molar-refractivity contribution in [3.8, 4) is 0 Å². The third-order valence-corrected chi connectivity index (χ3v) is 3.24. The van der Waals surface area contributed by atoms with E-state index in [0.29, 0.717) is 18.3 Å². The smallest absolute Gasteiger partial charge is 0.252 e. The van der Waals surface area contributed by atoms with Crippen LogP contribution in [-0.4, -0.2) is 35.4 Å². The molecule has 2 aliphatic heterocycles. The predicted molar refractivity (Wildman–Crippen MR) is 58.3 cm³/mol. The Kier molecular flexibility index (Phi) is 2.85. The van der Waals surface area contributed by atoms with Crippen molar-refractivity contribution >= 4 is 0 Å². The summed E-state index contributed by atoms with van der Waals surface area (Å²) in [6.45, 7) is 4.98. The summed E-state index contributed by atoms with van der Waals surface area (Å²) in [6.07, 6.45) is 2.05.